The molecule has 0 unspecified atom stereocenters. The first kappa shape index (κ1) is 8.58. The van der Waals surface area contributed by atoms with Crippen LogP contribution < -0.4 is 5.73 Å². The van der Waals surface area contributed by atoms with Crippen LogP contribution in [0.3, 0.4) is 0 Å². The summed E-state index contributed by atoms with van der Waals surface area (Å²) in [5.74, 6) is 0. The number of halogens is 2. The van der Waals surface area contributed by atoms with E-state index in [0.29, 0.717) is 6.29 Å². The van der Waals surface area contributed by atoms with Crippen molar-refractivity contribution in [3.8, 4) is 0 Å². The van der Waals surface area contributed by atoms with Gasteiger partial charge < -0.3 is 5.73 Å². The molecule has 2 N–H and O–H groups in total. The van der Waals surface area contributed by atoms with Crippen molar-refractivity contribution in [1.29, 1.82) is 0 Å². The molecule has 1 heterocycles. The average molecular weight is 172 g/mol. The molecule has 0 bridgehead atoms. The first-order valence-corrected chi connectivity index (χ1v) is 3.14. The van der Waals surface area contributed by atoms with Crippen molar-refractivity contribution in [1.82, 2.24) is 4.98 Å². The summed E-state index contributed by atoms with van der Waals surface area (Å²) >= 11 is 0. The molecule has 0 aliphatic rings. The fraction of sp³-hybridized carbons (Fsp3) is 0.143. The van der Waals surface area contributed by atoms with E-state index >= 15 is 0 Å². The van der Waals surface area contributed by atoms with Gasteiger partial charge in [0.2, 0.25) is 0 Å². The molecule has 0 fully saturated rings. The second kappa shape index (κ2) is 3.25. The van der Waals surface area contributed by atoms with Crippen LogP contribution in [0.4, 0.5) is 14.5 Å². The molecule has 0 saturated heterocycles. The lowest BCUT2D eigenvalue weighted by molar-refractivity contribution is 0.112. The van der Waals surface area contributed by atoms with Gasteiger partial charge in [0.05, 0.1) is 5.69 Å². The fourth-order valence-electron chi connectivity index (χ4n) is 0.782. The van der Waals surface area contributed by atoms with E-state index in [1.165, 1.54) is 6.07 Å². The van der Waals surface area contributed by atoms with Gasteiger partial charge in [0.25, 0.3) is 6.43 Å². The minimum Gasteiger partial charge on any atom is -0.396 e. The molecule has 3 nitrogen and oxygen atoms in total. The largest absolute Gasteiger partial charge is 0.396 e. The van der Waals surface area contributed by atoms with Gasteiger partial charge in [-0.15, -0.1) is 0 Å². The number of rotatable bonds is 2. The third-order valence-corrected chi connectivity index (χ3v) is 1.39. The monoisotopic (exact) mass is 172 g/mol. The predicted molar refractivity (Wildman–Crippen MR) is 39.0 cm³/mol. The Bertz CT molecular complexity index is 301. The fourth-order valence-corrected chi connectivity index (χ4v) is 0.782. The van der Waals surface area contributed by atoms with E-state index in [-0.39, 0.29) is 11.3 Å². The lowest BCUT2D eigenvalue weighted by Crippen LogP contribution is -2.01. The Labute approximate surface area is 67.2 Å². The van der Waals surface area contributed by atoms with Crippen LogP contribution in [-0.4, -0.2) is 11.3 Å². The molecule has 64 valence electrons. The number of hydrogen-bond acceptors (Lipinski definition) is 3. The zero-order valence-corrected chi connectivity index (χ0v) is 6.00. The molecule has 0 aliphatic carbocycles. The van der Waals surface area contributed by atoms with Crippen LogP contribution in [0.2, 0.25) is 0 Å². The van der Waals surface area contributed by atoms with Crippen LogP contribution >= 0.6 is 0 Å². The van der Waals surface area contributed by atoms with Gasteiger partial charge >= 0.3 is 0 Å². The minimum absolute atomic E-state index is 0.0419. The number of nitrogen functional groups attached to an aromatic ring is 1. The third-order valence-electron chi connectivity index (χ3n) is 1.39. The molecular weight excluding hydrogens is 166 g/mol. The van der Waals surface area contributed by atoms with E-state index in [1.54, 1.807) is 0 Å². The Balaban J connectivity index is 3.22. The number of nitrogens with zero attached hydrogens (tertiary/aromatic N) is 1. The highest BCUT2D eigenvalue weighted by Crippen LogP contribution is 2.23. The van der Waals surface area contributed by atoms with Crippen LogP contribution in [0, 0.1) is 0 Å². The van der Waals surface area contributed by atoms with Crippen molar-refractivity contribution in [2.75, 3.05) is 5.73 Å². The van der Waals surface area contributed by atoms with Crippen LogP contribution in [0.25, 0.3) is 0 Å². The molecule has 0 spiro atoms. The number of hydrogen-bond donors (Lipinski definition) is 1. The molecule has 0 radical (unpaired) electrons. The maximum Gasteiger partial charge on any atom is 0.282 e. The number of pyridine rings is 1. The smallest absolute Gasteiger partial charge is 0.282 e. The standard InChI is InChI=1S/C7H6F2N2O/c8-7(9)6-5(10)4(3-12)1-2-11-6/h1-3,7H,10H2. The van der Waals surface area contributed by atoms with Gasteiger partial charge in [0, 0.05) is 11.8 Å². The van der Waals surface area contributed by atoms with E-state index in [1.807, 2.05) is 0 Å². The van der Waals surface area contributed by atoms with E-state index in [9.17, 15) is 13.6 Å². The number of nitrogens with two attached hydrogens (primary N) is 1. The van der Waals surface area contributed by atoms with E-state index in [0.717, 1.165) is 6.20 Å². The highest BCUT2D eigenvalue weighted by Gasteiger charge is 2.14. The summed E-state index contributed by atoms with van der Waals surface area (Å²) in [6.45, 7) is 0. The zero-order valence-electron chi connectivity index (χ0n) is 6.00. The van der Waals surface area contributed by atoms with Crippen molar-refractivity contribution >= 4 is 12.0 Å². The maximum absolute atomic E-state index is 12.1. The molecule has 1 aromatic heterocycles. The Morgan fingerprint density at radius 1 is 1.58 bits per heavy atom. The van der Waals surface area contributed by atoms with Crippen molar-refractivity contribution < 1.29 is 13.6 Å². The van der Waals surface area contributed by atoms with Gasteiger partial charge in [-0.3, -0.25) is 9.78 Å². The van der Waals surface area contributed by atoms with E-state index in [2.05, 4.69) is 4.98 Å². The Kier molecular flexibility index (Phi) is 2.32. The lowest BCUT2D eigenvalue weighted by atomic mass is 10.2. The molecule has 1 rings (SSSR count). The average Bonchev–Trinajstić information content (AvgIpc) is 2.04. The number of alkyl halides is 2. The van der Waals surface area contributed by atoms with Gasteiger partial charge in [0.15, 0.2) is 6.29 Å². The molecule has 0 aliphatic heterocycles. The number of aromatic nitrogens is 1. The zero-order chi connectivity index (χ0) is 9.14. The summed E-state index contributed by atoms with van der Waals surface area (Å²) in [6, 6.07) is 1.29. The summed E-state index contributed by atoms with van der Waals surface area (Å²) in [5.41, 5.74) is 4.47. The summed E-state index contributed by atoms with van der Waals surface area (Å²) in [7, 11) is 0. The van der Waals surface area contributed by atoms with Gasteiger partial charge in [-0.05, 0) is 6.07 Å². The van der Waals surface area contributed by atoms with Crippen LogP contribution in [-0.2, 0) is 0 Å². The van der Waals surface area contributed by atoms with Crippen LogP contribution in [0.15, 0.2) is 12.3 Å². The summed E-state index contributed by atoms with van der Waals surface area (Å²) in [4.78, 5) is 13.6. The molecule has 1 aromatic rings. The van der Waals surface area contributed by atoms with Gasteiger partial charge in [-0.1, -0.05) is 0 Å². The van der Waals surface area contributed by atoms with Crippen molar-refractivity contribution in [2.24, 2.45) is 0 Å². The van der Waals surface area contributed by atoms with Gasteiger partial charge in [-0.2, -0.15) is 0 Å². The molecule has 0 aromatic carbocycles. The molecule has 0 atom stereocenters. The highest BCUT2D eigenvalue weighted by molar-refractivity contribution is 5.83. The summed E-state index contributed by atoms with van der Waals surface area (Å²) in [5, 5.41) is 0. The second-order valence-electron chi connectivity index (χ2n) is 2.12. The SMILES string of the molecule is Nc1c(C=O)ccnc1C(F)F. The van der Waals surface area contributed by atoms with Crippen molar-refractivity contribution in [3.05, 3.63) is 23.5 Å². The maximum atomic E-state index is 12.1. The first-order chi connectivity index (χ1) is 5.66. The molecule has 0 saturated carbocycles. The van der Waals surface area contributed by atoms with Gasteiger partial charge in [0.1, 0.15) is 5.69 Å². The van der Waals surface area contributed by atoms with Crippen LogP contribution in [0.5, 0.6) is 0 Å². The normalized spacial score (nSPS) is 10.2. The van der Waals surface area contributed by atoms with E-state index in [4.69, 9.17) is 5.73 Å². The Morgan fingerprint density at radius 2 is 2.25 bits per heavy atom. The Morgan fingerprint density at radius 3 is 2.75 bits per heavy atom. The first-order valence-electron chi connectivity index (χ1n) is 3.14. The molecular formula is C7H6F2N2O. The van der Waals surface area contributed by atoms with Crippen molar-refractivity contribution in [2.45, 2.75) is 6.43 Å². The number of carbonyl (C=O) groups excluding carboxylic acids is 1. The Hall–Kier alpha value is -1.52. The second-order valence-corrected chi connectivity index (χ2v) is 2.12. The van der Waals surface area contributed by atoms with E-state index < -0.39 is 12.1 Å². The molecule has 5 heteroatoms. The highest BCUT2D eigenvalue weighted by atomic mass is 19.3. The number of carbonyl (C=O) groups is 1. The third kappa shape index (κ3) is 1.39. The van der Waals surface area contributed by atoms with Gasteiger partial charge in [-0.25, -0.2) is 8.78 Å². The molecule has 0 amide bonds. The minimum atomic E-state index is -2.75. The predicted octanol–water partition coefficient (Wildman–Crippen LogP) is 1.41. The lowest BCUT2D eigenvalue weighted by Gasteiger charge is -2.03. The number of aldehydes is 1. The van der Waals surface area contributed by atoms with Crippen molar-refractivity contribution in [3.63, 3.8) is 0 Å². The van der Waals surface area contributed by atoms with Crippen LogP contribution in [0.1, 0.15) is 22.5 Å². The summed E-state index contributed by atoms with van der Waals surface area (Å²) < 4.78 is 24.2. The number of anilines is 1. The summed E-state index contributed by atoms with van der Waals surface area (Å²) in [6.07, 6.45) is -1.20. The topological polar surface area (TPSA) is 56.0 Å². The quantitative estimate of drug-likeness (QED) is 0.686. The molecule has 12 heavy (non-hydrogen) atoms.